The van der Waals surface area contributed by atoms with E-state index in [-0.39, 0.29) is 0 Å². The minimum Gasteiger partial charge on any atom is -0.375 e. The second-order valence-corrected chi connectivity index (χ2v) is 5.95. The number of nitrogen functional groups attached to an aromatic ring is 1. The average Bonchev–Trinajstić information content (AvgIpc) is 2.82. The third-order valence-corrected chi connectivity index (χ3v) is 4.77. The summed E-state index contributed by atoms with van der Waals surface area (Å²) in [6.45, 7) is 0. The maximum Gasteiger partial charge on any atom is 0.180 e. The van der Waals surface area contributed by atoms with Crippen molar-refractivity contribution in [2.75, 3.05) is 5.73 Å². The van der Waals surface area contributed by atoms with E-state index in [4.69, 9.17) is 5.73 Å². The fourth-order valence-corrected chi connectivity index (χ4v) is 4.08. The summed E-state index contributed by atoms with van der Waals surface area (Å²) >= 11 is 1.67. The van der Waals surface area contributed by atoms with Gasteiger partial charge in [-0.2, -0.15) is 0 Å². The Morgan fingerprint density at radius 3 is 2.93 bits per heavy atom. The van der Waals surface area contributed by atoms with Crippen LogP contribution in [-0.4, -0.2) is 4.98 Å². The van der Waals surface area contributed by atoms with Gasteiger partial charge in [0.15, 0.2) is 5.13 Å². The molecule has 3 unspecified atom stereocenters. The topological polar surface area (TPSA) is 38.9 Å². The Morgan fingerprint density at radius 1 is 1.43 bits per heavy atom. The zero-order valence-electron chi connectivity index (χ0n) is 8.28. The Kier molecular flexibility index (Phi) is 2.01. The van der Waals surface area contributed by atoms with E-state index in [1.54, 1.807) is 11.3 Å². The van der Waals surface area contributed by atoms with Crippen molar-refractivity contribution >= 4 is 16.5 Å². The van der Waals surface area contributed by atoms with Gasteiger partial charge in [-0.15, -0.1) is 11.3 Å². The van der Waals surface area contributed by atoms with E-state index in [2.05, 4.69) is 4.98 Å². The molecule has 2 bridgehead atoms. The number of aromatic nitrogens is 1. The van der Waals surface area contributed by atoms with Crippen molar-refractivity contribution in [2.45, 2.75) is 32.1 Å². The molecule has 2 N–H and O–H groups in total. The van der Waals surface area contributed by atoms with Crippen molar-refractivity contribution in [1.29, 1.82) is 0 Å². The molecule has 3 heteroatoms. The molecule has 2 saturated carbocycles. The van der Waals surface area contributed by atoms with Crippen LogP contribution in [0.4, 0.5) is 5.13 Å². The van der Waals surface area contributed by atoms with Crippen LogP contribution in [0.1, 0.15) is 30.6 Å². The van der Waals surface area contributed by atoms with Gasteiger partial charge >= 0.3 is 0 Å². The van der Waals surface area contributed by atoms with E-state index < -0.39 is 0 Å². The van der Waals surface area contributed by atoms with Crippen LogP contribution in [0.25, 0.3) is 0 Å². The lowest BCUT2D eigenvalue weighted by molar-refractivity contribution is 0.333. The monoisotopic (exact) mass is 208 g/mol. The Morgan fingerprint density at radius 2 is 2.36 bits per heavy atom. The molecule has 76 valence electrons. The van der Waals surface area contributed by atoms with E-state index in [0.717, 1.165) is 22.9 Å². The number of anilines is 1. The first-order valence-electron chi connectivity index (χ1n) is 5.51. The summed E-state index contributed by atoms with van der Waals surface area (Å²) in [5, 5.41) is 0.725. The van der Waals surface area contributed by atoms with Gasteiger partial charge in [0.25, 0.3) is 0 Å². The largest absolute Gasteiger partial charge is 0.375 e. The number of fused-ring (bicyclic) bond motifs is 2. The standard InChI is InChI=1S/C11H16N2S/c12-11-13-6-10(14-11)5-9-4-7-1-2-8(9)3-7/h6-9H,1-5H2,(H2,12,13). The number of hydrogen-bond acceptors (Lipinski definition) is 3. The SMILES string of the molecule is Nc1ncc(CC2CC3CCC2C3)s1. The molecule has 2 aliphatic carbocycles. The molecule has 1 aromatic heterocycles. The van der Waals surface area contributed by atoms with Gasteiger partial charge in [0.1, 0.15) is 0 Å². The minimum absolute atomic E-state index is 0.725. The molecule has 0 spiro atoms. The molecule has 3 rings (SSSR count). The lowest BCUT2D eigenvalue weighted by Gasteiger charge is -2.20. The zero-order chi connectivity index (χ0) is 9.54. The van der Waals surface area contributed by atoms with Crippen LogP contribution < -0.4 is 5.73 Å². The number of nitrogens with two attached hydrogens (primary N) is 1. The van der Waals surface area contributed by atoms with Crippen LogP contribution in [-0.2, 0) is 6.42 Å². The molecule has 2 nitrogen and oxygen atoms in total. The van der Waals surface area contributed by atoms with Gasteiger partial charge in [0.2, 0.25) is 0 Å². The molecule has 1 aromatic rings. The smallest absolute Gasteiger partial charge is 0.180 e. The fraction of sp³-hybridized carbons (Fsp3) is 0.727. The summed E-state index contributed by atoms with van der Waals surface area (Å²) < 4.78 is 0. The zero-order valence-corrected chi connectivity index (χ0v) is 9.09. The van der Waals surface area contributed by atoms with E-state index in [1.807, 2.05) is 6.20 Å². The van der Waals surface area contributed by atoms with Crippen LogP contribution in [0.3, 0.4) is 0 Å². The molecular weight excluding hydrogens is 192 g/mol. The maximum absolute atomic E-state index is 5.64. The lowest BCUT2D eigenvalue weighted by atomic mass is 9.86. The number of rotatable bonds is 2. The van der Waals surface area contributed by atoms with E-state index in [1.165, 1.54) is 37.0 Å². The van der Waals surface area contributed by atoms with E-state index >= 15 is 0 Å². The second-order valence-electron chi connectivity index (χ2n) is 4.80. The summed E-state index contributed by atoms with van der Waals surface area (Å²) in [6, 6.07) is 0. The van der Waals surface area contributed by atoms with Gasteiger partial charge in [0.05, 0.1) is 0 Å². The normalized spacial score (nSPS) is 35.3. The maximum atomic E-state index is 5.64. The summed E-state index contributed by atoms with van der Waals surface area (Å²) in [5.74, 6) is 3.01. The molecule has 0 aromatic carbocycles. The van der Waals surface area contributed by atoms with Gasteiger partial charge in [-0.3, -0.25) is 0 Å². The predicted molar refractivity (Wildman–Crippen MR) is 59.2 cm³/mol. The summed E-state index contributed by atoms with van der Waals surface area (Å²) in [4.78, 5) is 5.51. The Hall–Kier alpha value is -0.570. The highest BCUT2D eigenvalue weighted by molar-refractivity contribution is 7.15. The summed E-state index contributed by atoms with van der Waals surface area (Å²) in [5.41, 5.74) is 5.64. The molecule has 14 heavy (non-hydrogen) atoms. The van der Waals surface area contributed by atoms with Gasteiger partial charge < -0.3 is 5.73 Å². The Balaban J connectivity index is 1.68. The van der Waals surface area contributed by atoms with Crippen molar-refractivity contribution in [1.82, 2.24) is 4.98 Å². The number of thiazole rings is 1. The molecule has 3 atom stereocenters. The van der Waals surface area contributed by atoms with Gasteiger partial charge in [-0.1, -0.05) is 6.42 Å². The summed E-state index contributed by atoms with van der Waals surface area (Å²) in [6.07, 6.45) is 9.12. The quantitative estimate of drug-likeness (QED) is 0.811. The molecule has 0 radical (unpaired) electrons. The van der Waals surface area contributed by atoms with Crippen molar-refractivity contribution in [3.05, 3.63) is 11.1 Å². The predicted octanol–water partition coefficient (Wildman–Crippen LogP) is 2.70. The van der Waals surface area contributed by atoms with E-state index in [0.29, 0.717) is 0 Å². The average molecular weight is 208 g/mol. The Labute approximate surface area is 88.5 Å². The van der Waals surface area contributed by atoms with E-state index in [9.17, 15) is 0 Å². The van der Waals surface area contributed by atoms with Crippen molar-refractivity contribution in [3.63, 3.8) is 0 Å². The van der Waals surface area contributed by atoms with Gasteiger partial charge in [0, 0.05) is 11.1 Å². The first-order valence-corrected chi connectivity index (χ1v) is 6.33. The van der Waals surface area contributed by atoms with Crippen molar-refractivity contribution in [2.24, 2.45) is 17.8 Å². The summed E-state index contributed by atoms with van der Waals surface area (Å²) in [7, 11) is 0. The number of hydrogen-bond donors (Lipinski definition) is 1. The van der Waals surface area contributed by atoms with Crippen LogP contribution in [0, 0.1) is 17.8 Å². The molecule has 0 amide bonds. The highest BCUT2D eigenvalue weighted by atomic mass is 32.1. The van der Waals surface area contributed by atoms with Gasteiger partial charge in [-0.05, 0) is 43.4 Å². The first-order chi connectivity index (χ1) is 6.81. The van der Waals surface area contributed by atoms with Crippen molar-refractivity contribution in [3.8, 4) is 0 Å². The third-order valence-electron chi connectivity index (χ3n) is 3.92. The molecule has 2 aliphatic rings. The molecule has 1 heterocycles. The fourth-order valence-electron chi connectivity index (χ4n) is 3.30. The highest BCUT2D eigenvalue weighted by Gasteiger charge is 2.39. The molecule has 2 fully saturated rings. The minimum atomic E-state index is 0.725. The van der Waals surface area contributed by atoms with Gasteiger partial charge in [-0.25, -0.2) is 4.98 Å². The molecule has 0 saturated heterocycles. The van der Waals surface area contributed by atoms with Crippen LogP contribution in [0.5, 0.6) is 0 Å². The van der Waals surface area contributed by atoms with Crippen LogP contribution >= 0.6 is 11.3 Å². The van der Waals surface area contributed by atoms with Crippen molar-refractivity contribution < 1.29 is 0 Å². The third kappa shape index (κ3) is 1.44. The van der Waals surface area contributed by atoms with Crippen LogP contribution in [0.15, 0.2) is 6.20 Å². The number of nitrogens with zero attached hydrogens (tertiary/aromatic N) is 1. The molecule has 0 aliphatic heterocycles. The molecular formula is C11H16N2S. The second kappa shape index (κ2) is 3.23. The lowest BCUT2D eigenvalue weighted by Crippen LogP contribution is -2.12. The highest BCUT2D eigenvalue weighted by Crippen LogP contribution is 2.49. The first kappa shape index (κ1) is 8.72. The van der Waals surface area contributed by atoms with Crippen LogP contribution in [0.2, 0.25) is 0 Å². The Bertz CT molecular complexity index is 334.